The molecule has 0 unspecified atom stereocenters. The van der Waals surface area contributed by atoms with Gasteiger partial charge >= 0.3 is 0 Å². The number of rotatable bonds is 9. The van der Waals surface area contributed by atoms with Crippen LogP contribution in [0, 0.1) is 0 Å². The van der Waals surface area contributed by atoms with Crippen LogP contribution < -0.4 is 9.80 Å². The molecule has 0 aromatic heterocycles. The third-order valence-corrected chi connectivity index (χ3v) is 11.8. The molecule has 0 saturated heterocycles. The van der Waals surface area contributed by atoms with Gasteiger partial charge in [-0.1, -0.05) is 195 Å². The Morgan fingerprint density at radius 2 is 0.746 bits per heavy atom. The maximum Gasteiger partial charge on any atom is 0.0493 e. The van der Waals surface area contributed by atoms with Crippen molar-refractivity contribution >= 4 is 34.0 Å². The van der Waals surface area contributed by atoms with Crippen LogP contribution in [0.1, 0.15) is 5.56 Å². The van der Waals surface area contributed by atoms with E-state index >= 15 is 0 Å². The normalized spacial score (nSPS) is 13.3. The van der Waals surface area contributed by atoms with Crippen molar-refractivity contribution in [1.82, 2.24) is 0 Å². The Labute approximate surface area is 371 Å². The lowest BCUT2D eigenvalue weighted by molar-refractivity contribution is 1.09. The zero-order valence-corrected chi connectivity index (χ0v) is 35.1. The van der Waals surface area contributed by atoms with E-state index in [1.165, 1.54) is 55.6 Å². The molecule has 300 valence electrons. The molecule has 9 aromatic carbocycles. The number of benzene rings is 9. The lowest BCUT2D eigenvalue weighted by Crippen LogP contribution is -2.18. The quantitative estimate of drug-likeness (QED) is 0.143. The first kappa shape index (κ1) is 39.0. The lowest BCUT2D eigenvalue weighted by Gasteiger charge is -2.26. The van der Waals surface area contributed by atoms with Crippen molar-refractivity contribution in [3.63, 3.8) is 0 Å². The standard InChI is InChI=1S/C61H46N2/c1-45-16-5-4-12-41-62(61-28-11-10-27-60(45)61)59-26-15-25-55(44-59)54-24-14-23-53(43-54)52-22-13-21-51(42-52)50-33-39-58(40-34-50)63(56-35-29-48(30-36-56)46-17-6-2-7-18-46)57-37-31-49(32-38-57)47-19-8-3-9-20-47/h2-40,42-44H,1,41H2/b12-4-,16-5-. The van der Waals surface area contributed by atoms with Gasteiger partial charge in [-0.25, -0.2) is 0 Å². The minimum atomic E-state index is 0.758. The van der Waals surface area contributed by atoms with E-state index in [9.17, 15) is 0 Å². The molecule has 1 heterocycles. The van der Waals surface area contributed by atoms with Crippen LogP contribution in [0.25, 0.3) is 61.2 Å². The highest BCUT2D eigenvalue weighted by molar-refractivity contribution is 5.86. The maximum atomic E-state index is 4.36. The average Bonchev–Trinajstić information content (AvgIpc) is 3.44. The second-order valence-corrected chi connectivity index (χ2v) is 15.9. The largest absolute Gasteiger partial charge is 0.337 e. The van der Waals surface area contributed by atoms with Crippen molar-refractivity contribution in [1.29, 1.82) is 0 Å². The second-order valence-electron chi connectivity index (χ2n) is 15.9. The second kappa shape index (κ2) is 17.8. The van der Waals surface area contributed by atoms with Gasteiger partial charge in [0.25, 0.3) is 0 Å². The molecule has 9 aromatic rings. The van der Waals surface area contributed by atoms with Crippen LogP contribution in [-0.2, 0) is 0 Å². The van der Waals surface area contributed by atoms with Crippen LogP contribution in [0.2, 0.25) is 0 Å². The number of hydrogen-bond donors (Lipinski definition) is 0. The smallest absolute Gasteiger partial charge is 0.0493 e. The SMILES string of the molecule is C=C1/C=C\C=C/CN(c2cccc(-c3cccc(-c4cccc(-c5ccc(N(c6ccc(-c7ccccc7)cc6)c6ccc(-c7ccccc7)cc6)cc5)c4)c3)c2)c2ccccc21. The molecule has 0 bridgehead atoms. The Hall–Kier alpha value is -8.20. The van der Waals surface area contributed by atoms with Crippen LogP contribution in [0.15, 0.2) is 261 Å². The molecular weight excluding hydrogens is 761 g/mol. The predicted molar refractivity (Wildman–Crippen MR) is 269 cm³/mol. The van der Waals surface area contributed by atoms with E-state index in [1.54, 1.807) is 0 Å². The molecule has 0 spiro atoms. The summed E-state index contributed by atoms with van der Waals surface area (Å²) >= 11 is 0. The minimum Gasteiger partial charge on any atom is -0.337 e. The molecule has 2 nitrogen and oxygen atoms in total. The molecule has 1 aliphatic rings. The molecule has 0 atom stereocenters. The van der Waals surface area contributed by atoms with Gasteiger partial charge in [0.1, 0.15) is 0 Å². The first-order valence-electron chi connectivity index (χ1n) is 21.6. The number of anilines is 5. The number of hydrogen-bond acceptors (Lipinski definition) is 2. The summed E-state index contributed by atoms with van der Waals surface area (Å²) in [7, 11) is 0. The van der Waals surface area contributed by atoms with Crippen LogP contribution >= 0.6 is 0 Å². The van der Waals surface area contributed by atoms with Crippen molar-refractivity contribution in [2.24, 2.45) is 0 Å². The molecule has 0 amide bonds. The number of fused-ring (bicyclic) bond motifs is 1. The van der Waals surface area contributed by atoms with Gasteiger partial charge in [-0.05, 0) is 128 Å². The van der Waals surface area contributed by atoms with Crippen LogP contribution in [0.5, 0.6) is 0 Å². The van der Waals surface area contributed by atoms with Gasteiger partial charge in [-0.15, -0.1) is 0 Å². The number of nitrogens with zero attached hydrogens (tertiary/aromatic N) is 2. The fourth-order valence-electron chi connectivity index (χ4n) is 8.56. The van der Waals surface area contributed by atoms with Gasteiger partial charge in [-0.2, -0.15) is 0 Å². The Bertz CT molecular complexity index is 2990. The van der Waals surface area contributed by atoms with Crippen molar-refractivity contribution < 1.29 is 0 Å². The van der Waals surface area contributed by atoms with Gasteiger partial charge in [0.2, 0.25) is 0 Å². The summed E-state index contributed by atoms with van der Waals surface area (Å²) in [6.07, 6.45) is 8.46. The van der Waals surface area contributed by atoms with Crippen LogP contribution in [0.3, 0.4) is 0 Å². The van der Waals surface area contributed by atoms with E-state index < -0.39 is 0 Å². The summed E-state index contributed by atoms with van der Waals surface area (Å²) in [5.74, 6) is 0. The van der Waals surface area contributed by atoms with Gasteiger partial charge in [0, 0.05) is 40.5 Å². The van der Waals surface area contributed by atoms with Crippen molar-refractivity contribution in [3.05, 3.63) is 267 Å². The lowest BCUT2D eigenvalue weighted by atomic mass is 9.96. The summed E-state index contributed by atoms with van der Waals surface area (Å²) in [6, 6.07) is 83.0. The molecule has 1 aliphatic heterocycles. The van der Waals surface area contributed by atoms with Gasteiger partial charge in [0.05, 0.1) is 0 Å². The summed E-state index contributed by atoms with van der Waals surface area (Å²) in [5, 5.41) is 0. The monoisotopic (exact) mass is 806 g/mol. The zero-order chi connectivity index (χ0) is 42.4. The number of para-hydroxylation sites is 1. The summed E-state index contributed by atoms with van der Waals surface area (Å²) in [4.78, 5) is 4.71. The highest BCUT2D eigenvalue weighted by Gasteiger charge is 2.17. The van der Waals surface area contributed by atoms with Gasteiger partial charge in [0.15, 0.2) is 0 Å². The zero-order valence-electron chi connectivity index (χ0n) is 35.1. The molecular formula is C61H46N2. The molecule has 63 heavy (non-hydrogen) atoms. The molecule has 10 rings (SSSR count). The number of allylic oxidation sites excluding steroid dienone is 4. The highest BCUT2D eigenvalue weighted by Crippen LogP contribution is 2.39. The van der Waals surface area contributed by atoms with Crippen molar-refractivity contribution in [3.8, 4) is 55.6 Å². The van der Waals surface area contributed by atoms with E-state index in [0.29, 0.717) is 0 Å². The first-order valence-corrected chi connectivity index (χ1v) is 21.6. The molecule has 0 aliphatic carbocycles. The Balaban J connectivity index is 0.938. The molecule has 0 fully saturated rings. The average molecular weight is 807 g/mol. The minimum absolute atomic E-state index is 0.758. The van der Waals surface area contributed by atoms with E-state index in [-0.39, 0.29) is 0 Å². The molecule has 0 N–H and O–H groups in total. The first-order chi connectivity index (χ1) is 31.1. The fourth-order valence-corrected chi connectivity index (χ4v) is 8.56. The third-order valence-electron chi connectivity index (χ3n) is 11.8. The summed E-state index contributed by atoms with van der Waals surface area (Å²) in [6.45, 7) is 5.12. The topological polar surface area (TPSA) is 6.48 Å². The van der Waals surface area contributed by atoms with Gasteiger partial charge < -0.3 is 9.80 Å². The highest BCUT2D eigenvalue weighted by atomic mass is 15.1. The fraction of sp³-hybridized carbons (Fsp3) is 0.0164. The van der Waals surface area contributed by atoms with Crippen LogP contribution in [0.4, 0.5) is 28.4 Å². The van der Waals surface area contributed by atoms with Gasteiger partial charge in [-0.3, -0.25) is 0 Å². The Kier molecular flexibility index (Phi) is 11.0. The third kappa shape index (κ3) is 8.44. The molecule has 0 radical (unpaired) electrons. The Morgan fingerprint density at radius 1 is 0.349 bits per heavy atom. The maximum absolute atomic E-state index is 4.36. The van der Waals surface area contributed by atoms with Crippen LogP contribution in [-0.4, -0.2) is 6.54 Å². The molecule has 0 saturated carbocycles. The van der Waals surface area contributed by atoms with E-state index in [2.05, 4.69) is 271 Å². The van der Waals surface area contributed by atoms with E-state index in [0.717, 1.165) is 46.1 Å². The van der Waals surface area contributed by atoms with Crippen molar-refractivity contribution in [2.45, 2.75) is 0 Å². The summed E-state index contributed by atoms with van der Waals surface area (Å²) < 4.78 is 0. The summed E-state index contributed by atoms with van der Waals surface area (Å²) in [5.41, 5.74) is 19.6. The Morgan fingerprint density at radius 3 is 1.27 bits per heavy atom. The van der Waals surface area contributed by atoms with E-state index in [1.807, 2.05) is 0 Å². The van der Waals surface area contributed by atoms with E-state index in [4.69, 9.17) is 0 Å². The predicted octanol–water partition coefficient (Wildman–Crippen LogP) is 16.8. The van der Waals surface area contributed by atoms with Crippen molar-refractivity contribution in [2.75, 3.05) is 16.3 Å². The molecule has 2 heteroatoms.